The molecule has 27 heavy (non-hydrogen) atoms. The summed E-state index contributed by atoms with van der Waals surface area (Å²) in [6.45, 7) is 2.22. The van der Waals surface area contributed by atoms with E-state index in [0.29, 0.717) is 0 Å². The number of amides is 3. The van der Waals surface area contributed by atoms with Crippen LogP contribution in [0.25, 0.3) is 0 Å². The van der Waals surface area contributed by atoms with E-state index in [0.717, 1.165) is 0 Å². The van der Waals surface area contributed by atoms with Gasteiger partial charge in [0.25, 0.3) is 0 Å². The zero-order chi connectivity index (χ0) is 21.1. The molecule has 3 amide bonds. The monoisotopic (exact) mass is 390 g/mol. The zero-order valence-corrected chi connectivity index (χ0v) is 15.1. The molecule has 3 atom stereocenters. The molecule has 154 valence electrons. The van der Waals surface area contributed by atoms with Gasteiger partial charge in [0, 0.05) is 0 Å². The number of carbonyl (C=O) groups is 5. The van der Waals surface area contributed by atoms with Crippen LogP contribution in [-0.4, -0.2) is 76.3 Å². The largest absolute Gasteiger partial charge is 0.481 e. The molecule has 0 aromatic rings. The lowest BCUT2D eigenvalue weighted by molar-refractivity contribution is -0.144. The van der Waals surface area contributed by atoms with Crippen LogP contribution in [0.2, 0.25) is 0 Å². The topological polar surface area (TPSA) is 208 Å². The molecule has 0 spiro atoms. The predicted molar refractivity (Wildman–Crippen MR) is 91.3 cm³/mol. The van der Waals surface area contributed by atoms with Gasteiger partial charge in [-0.1, -0.05) is 13.8 Å². The number of aliphatic hydroxyl groups excluding tert-OH is 1. The Bertz CT molecular complexity index is 566. The van der Waals surface area contributed by atoms with E-state index in [1.54, 1.807) is 13.8 Å². The first kappa shape index (κ1) is 24.3. The number of nitrogens with two attached hydrogens (primary N) is 1. The van der Waals surface area contributed by atoms with E-state index in [1.165, 1.54) is 0 Å². The fourth-order valence-electron chi connectivity index (χ4n) is 2.07. The van der Waals surface area contributed by atoms with Crippen LogP contribution in [0.5, 0.6) is 0 Å². The second-order valence-corrected chi connectivity index (χ2v) is 6.19. The van der Waals surface area contributed by atoms with Gasteiger partial charge in [-0.15, -0.1) is 0 Å². The minimum atomic E-state index is -1.60. The van der Waals surface area contributed by atoms with Gasteiger partial charge in [-0.2, -0.15) is 0 Å². The van der Waals surface area contributed by atoms with Crippen LogP contribution in [0.4, 0.5) is 0 Å². The summed E-state index contributed by atoms with van der Waals surface area (Å²) in [6.07, 6.45) is -0.727. The summed E-state index contributed by atoms with van der Waals surface area (Å²) in [5.41, 5.74) is 5.09. The van der Waals surface area contributed by atoms with Gasteiger partial charge in [0.15, 0.2) is 0 Å². The van der Waals surface area contributed by atoms with E-state index in [-0.39, 0.29) is 12.3 Å². The Morgan fingerprint density at radius 1 is 0.889 bits per heavy atom. The van der Waals surface area contributed by atoms with Crippen molar-refractivity contribution < 1.29 is 39.3 Å². The fourth-order valence-corrected chi connectivity index (χ4v) is 2.07. The first-order chi connectivity index (χ1) is 12.5. The van der Waals surface area contributed by atoms with E-state index in [4.69, 9.17) is 15.9 Å². The van der Waals surface area contributed by atoms with Crippen molar-refractivity contribution in [3.63, 3.8) is 0 Å². The van der Waals surface area contributed by atoms with Gasteiger partial charge in [0.2, 0.25) is 17.7 Å². The Balaban J connectivity index is 5.21. The van der Waals surface area contributed by atoms with Crippen LogP contribution in [-0.2, 0) is 24.0 Å². The Morgan fingerprint density at radius 2 is 1.41 bits per heavy atom. The number of carbonyl (C=O) groups excluding carboxylic acids is 3. The lowest BCUT2D eigenvalue weighted by Gasteiger charge is -2.23. The summed E-state index contributed by atoms with van der Waals surface area (Å²) >= 11 is 0. The minimum Gasteiger partial charge on any atom is -0.481 e. The van der Waals surface area contributed by atoms with Crippen LogP contribution in [0, 0.1) is 5.92 Å². The molecular formula is C15H26N4O8. The highest BCUT2D eigenvalue weighted by Gasteiger charge is 2.30. The quantitative estimate of drug-likeness (QED) is 0.181. The van der Waals surface area contributed by atoms with Gasteiger partial charge in [-0.05, 0) is 12.3 Å². The van der Waals surface area contributed by atoms with Crippen molar-refractivity contribution in [1.82, 2.24) is 16.0 Å². The molecule has 0 saturated carbocycles. The van der Waals surface area contributed by atoms with Crippen LogP contribution >= 0.6 is 0 Å². The van der Waals surface area contributed by atoms with Crippen molar-refractivity contribution in [1.29, 1.82) is 0 Å². The third kappa shape index (κ3) is 9.51. The second-order valence-electron chi connectivity index (χ2n) is 6.19. The van der Waals surface area contributed by atoms with Crippen LogP contribution in [0.3, 0.4) is 0 Å². The van der Waals surface area contributed by atoms with E-state index in [1.807, 2.05) is 0 Å². The van der Waals surface area contributed by atoms with Gasteiger partial charge in [-0.3, -0.25) is 19.2 Å². The molecule has 0 saturated heterocycles. The van der Waals surface area contributed by atoms with Crippen molar-refractivity contribution in [3.8, 4) is 0 Å². The van der Waals surface area contributed by atoms with Crippen LogP contribution in [0.15, 0.2) is 0 Å². The van der Waals surface area contributed by atoms with Gasteiger partial charge in [0.05, 0.1) is 19.6 Å². The highest BCUT2D eigenvalue weighted by Crippen LogP contribution is 2.06. The lowest BCUT2D eigenvalue weighted by Crippen LogP contribution is -2.57. The zero-order valence-electron chi connectivity index (χ0n) is 15.1. The first-order valence-corrected chi connectivity index (χ1v) is 8.17. The second kappa shape index (κ2) is 11.8. The van der Waals surface area contributed by atoms with Crippen molar-refractivity contribution in [2.75, 3.05) is 13.2 Å². The number of hydrogen-bond acceptors (Lipinski definition) is 7. The van der Waals surface area contributed by atoms with Crippen molar-refractivity contribution in [2.45, 2.75) is 44.8 Å². The molecule has 0 aliphatic heterocycles. The summed E-state index contributed by atoms with van der Waals surface area (Å²) in [4.78, 5) is 57.8. The van der Waals surface area contributed by atoms with Crippen LogP contribution < -0.4 is 21.7 Å². The van der Waals surface area contributed by atoms with Crippen molar-refractivity contribution in [2.24, 2.45) is 11.7 Å². The molecule has 0 aliphatic carbocycles. The first-order valence-electron chi connectivity index (χ1n) is 8.17. The molecule has 0 radical (unpaired) electrons. The summed E-state index contributed by atoms with van der Waals surface area (Å²) in [5.74, 6) is -5.56. The molecule has 12 heteroatoms. The van der Waals surface area contributed by atoms with Crippen molar-refractivity contribution in [3.05, 3.63) is 0 Å². The lowest BCUT2D eigenvalue weighted by atomic mass is 10.0. The van der Waals surface area contributed by atoms with Crippen molar-refractivity contribution >= 4 is 29.7 Å². The number of carboxylic acids is 2. The number of carboxylic acid groups (broad SMARTS) is 2. The van der Waals surface area contributed by atoms with Gasteiger partial charge in [0.1, 0.15) is 18.1 Å². The summed E-state index contributed by atoms with van der Waals surface area (Å²) in [5, 5.41) is 33.6. The Hall–Kier alpha value is -2.73. The standard InChI is InChI=1S/C15H26N4O8/c1-7(2)3-9(15(26)27)19-13(24)8(4-12(22)23)18-14(25)10(6-20)17-11(21)5-16/h7-10,20H,3-6,16H2,1-2H3,(H,17,21)(H,18,25)(H,19,24)(H,22,23)(H,26,27). The third-order valence-corrected chi connectivity index (χ3v) is 3.35. The molecule has 3 unspecified atom stereocenters. The Labute approximate surface area is 155 Å². The number of nitrogens with one attached hydrogen (secondary N) is 3. The Kier molecular flexibility index (Phi) is 10.6. The maximum absolute atomic E-state index is 12.3. The minimum absolute atomic E-state index is 0.0656. The molecule has 12 nitrogen and oxygen atoms in total. The molecule has 0 rings (SSSR count). The van der Waals surface area contributed by atoms with Gasteiger partial charge in [-0.25, -0.2) is 4.79 Å². The van der Waals surface area contributed by atoms with E-state index in [9.17, 15) is 29.1 Å². The normalized spacial score (nSPS) is 14.0. The molecule has 0 fully saturated rings. The number of aliphatic hydroxyl groups is 1. The van der Waals surface area contributed by atoms with Gasteiger partial charge >= 0.3 is 11.9 Å². The molecular weight excluding hydrogens is 364 g/mol. The predicted octanol–water partition coefficient (Wildman–Crippen LogP) is -3.00. The molecule has 8 N–H and O–H groups in total. The fraction of sp³-hybridized carbons (Fsp3) is 0.667. The summed E-state index contributed by atoms with van der Waals surface area (Å²) in [7, 11) is 0. The molecule has 0 heterocycles. The molecule has 0 bridgehead atoms. The smallest absolute Gasteiger partial charge is 0.326 e. The summed E-state index contributed by atoms with van der Waals surface area (Å²) < 4.78 is 0. The number of hydrogen-bond donors (Lipinski definition) is 7. The number of rotatable bonds is 12. The SMILES string of the molecule is CC(C)CC(NC(=O)C(CC(=O)O)NC(=O)C(CO)NC(=O)CN)C(=O)O. The maximum atomic E-state index is 12.3. The number of aliphatic carboxylic acids is 2. The van der Waals surface area contributed by atoms with Gasteiger partial charge < -0.3 is 37.0 Å². The Morgan fingerprint density at radius 3 is 1.81 bits per heavy atom. The van der Waals surface area contributed by atoms with E-state index >= 15 is 0 Å². The highest BCUT2D eigenvalue weighted by atomic mass is 16.4. The summed E-state index contributed by atoms with van der Waals surface area (Å²) in [6, 6.07) is -4.32. The molecule has 0 aromatic heterocycles. The molecule has 0 aliphatic rings. The average Bonchev–Trinajstić information content (AvgIpc) is 2.56. The molecule has 0 aromatic carbocycles. The average molecular weight is 390 g/mol. The van der Waals surface area contributed by atoms with Crippen LogP contribution in [0.1, 0.15) is 26.7 Å². The van der Waals surface area contributed by atoms with E-state index < -0.39 is 67.4 Å². The highest BCUT2D eigenvalue weighted by molar-refractivity contribution is 5.95. The third-order valence-electron chi connectivity index (χ3n) is 3.35. The van der Waals surface area contributed by atoms with E-state index in [2.05, 4.69) is 16.0 Å². The maximum Gasteiger partial charge on any atom is 0.326 e.